The third kappa shape index (κ3) is 4.39. The highest BCUT2D eigenvalue weighted by atomic mass is 35.5. The molecule has 2 nitrogen and oxygen atoms in total. The van der Waals surface area contributed by atoms with Crippen LogP contribution in [0.5, 0.6) is 0 Å². The van der Waals surface area contributed by atoms with E-state index in [4.69, 9.17) is 11.6 Å². The first-order chi connectivity index (χ1) is 8.19. The maximum atomic E-state index is 11.8. The predicted octanol–water partition coefficient (Wildman–Crippen LogP) is 3.52. The third-order valence-electron chi connectivity index (χ3n) is 2.97. The van der Waals surface area contributed by atoms with Crippen molar-refractivity contribution >= 4 is 17.5 Å². The van der Waals surface area contributed by atoms with Crippen LogP contribution in [-0.4, -0.2) is 12.5 Å². The molecule has 3 heteroatoms. The second-order valence-electron chi connectivity index (χ2n) is 4.14. The summed E-state index contributed by atoms with van der Waals surface area (Å²) in [5.41, 5.74) is 1.04. The molecule has 0 saturated carbocycles. The summed E-state index contributed by atoms with van der Waals surface area (Å²) in [5, 5.41) is 2.75. The maximum absolute atomic E-state index is 11.8. The van der Waals surface area contributed by atoms with Gasteiger partial charge in [-0.3, -0.25) is 4.79 Å². The number of benzene rings is 1. The van der Waals surface area contributed by atoms with Crippen molar-refractivity contribution in [3.05, 3.63) is 35.9 Å². The van der Waals surface area contributed by atoms with E-state index in [0.717, 1.165) is 18.4 Å². The summed E-state index contributed by atoms with van der Waals surface area (Å²) in [7, 11) is 0. The number of alkyl halides is 1. The maximum Gasteiger partial charge on any atom is 0.223 e. The highest BCUT2D eigenvalue weighted by Gasteiger charge is 2.15. The van der Waals surface area contributed by atoms with Gasteiger partial charge in [0.15, 0.2) is 0 Å². The van der Waals surface area contributed by atoms with Crippen molar-refractivity contribution in [2.75, 3.05) is 6.54 Å². The second kappa shape index (κ2) is 7.33. The first kappa shape index (κ1) is 14.0. The molecule has 1 amide bonds. The third-order valence-corrected chi connectivity index (χ3v) is 3.38. The van der Waals surface area contributed by atoms with Crippen LogP contribution in [0, 0.1) is 5.92 Å². The van der Waals surface area contributed by atoms with Crippen LogP contribution < -0.4 is 5.32 Å². The average Bonchev–Trinajstić information content (AvgIpc) is 2.38. The topological polar surface area (TPSA) is 29.1 Å². The standard InChI is InChI=1S/C14H20ClNO/c1-3-11(4-2)14(17)16-10-13(15)12-8-6-5-7-9-12/h5-9,11,13H,3-4,10H2,1-2H3,(H,16,17). The highest BCUT2D eigenvalue weighted by molar-refractivity contribution is 6.21. The lowest BCUT2D eigenvalue weighted by Crippen LogP contribution is -2.32. The first-order valence-corrected chi connectivity index (χ1v) is 6.59. The van der Waals surface area contributed by atoms with Crippen LogP contribution in [0.2, 0.25) is 0 Å². The number of halogens is 1. The fourth-order valence-electron chi connectivity index (χ4n) is 1.77. The minimum atomic E-state index is -0.158. The van der Waals surface area contributed by atoms with Gasteiger partial charge in [0.25, 0.3) is 0 Å². The van der Waals surface area contributed by atoms with Crippen molar-refractivity contribution < 1.29 is 4.79 Å². The summed E-state index contributed by atoms with van der Waals surface area (Å²) in [6.07, 6.45) is 1.75. The number of nitrogens with one attached hydrogen (secondary N) is 1. The Balaban J connectivity index is 2.43. The van der Waals surface area contributed by atoms with Crippen LogP contribution >= 0.6 is 11.6 Å². The van der Waals surface area contributed by atoms with Gasteiger partial charge in [-0.25, -0.2) is 0 Å². The Hall–Kier alpha value is -1.02. The van der Waals surface area contributed by atoms with Gasteiger partial charge in [0.1, 0.15) is 0 Å². The molecule has 1 aromatic carbocycles. The highest BCUT2D eigenvalue weighted by Crippen LogP contribution is 2.19. The lowest BCUT2D eigenvalue weighted by Gasteiger charge is -2.15. The van der Waals surface area contributed by atoms with E-state index in [9.17, 15) is 4.79 Å². The van der Waals surface area contributed by atoms with Gasteiger partial charge in [-0.1, -0.05) is 44.2 Å². The molecule has 0 aliphatic heterocycles. The number of carbonyl (C=O) groups excluding carboxylic acids is 1. The molecule has 1 aromatic rings. The van der Waals surface area contributed by atoms with Gasteiger partial charge in [-0.2, -0.15) is 0 Å². The number of amides is 1. The molecule has 0 bridgehead atoms. The van der Waals surface area contributed by atoms with Gasteiger partial charge >= 0.3 is 0 Å². The van der Waals surface area contributed by atoms with E-state index in [1.807, 2.05) is 44.2 Å². The van der Waals surface area contributed by atoms with Crippen molar-refractivity contribution in [3.8, 4) is 0 Å². The van der Waals surface area contributed by atoms with Gasteiger partial charge in [-0.05, 0) is 18.4 Å². The first-order valence-electron chi connectivity index (χ1n) is 6.15. The fraction of sp³-hybridized carbons (Fsp3) is 0.500. The Kier molecular flexibility index (Phi) is 6.06. The molecule has 0 spiro atoms. The molecule has 1 unspecified atom stereocenters. The summed E-state index contributed by atoms with van der Waals surface area (Å²) in [5.74, 6) is 0.214. The molecule has 0 heterocycles. The summed E-state index contributed by atoms with van der Waals surface area (Å²) >= 11 is 6.23. The number of rotatable bonds is 6. The Labute approximate surface area is 108 Å². The zero-order chi connectivity index (χ0) is 12.7. The Morgan fingerprint density at radius 1 is 1.24 bits per heavy atom. The van der Waals surface area contributed by atoms with Crippen molar-refractivity contribution in [2.24, 2.45) is 5.92 Å². The quantitative estimate of drug-likeness (QED) is 0.773. The molecule has 0 saturated heterocycles. The molecule has 0 aliphatic rings. The van der Waals surface area contributed by atoms with Crippen LogP contribution in [0.1, 0.15) is 37.6 Å². The predicted molar refractivity (Wildman–Crippen MR) is 72.1 cm³/mol. The molecule has 17 heavy (non-hydrogen) atoms. The SMILES string of the molecule is CCC(CC)C(=O)NCC(Cl)c1ccccc1. The minimum Gasteiger partial charge on any atom is -0.354 e. The molecule has 0 radical (unpaired) electrons. The van der Waals surface area contributed by atoms with Crippen molar-refractivity contribution in [1.29, 1.82) is 0 Å². The van der Waals surface area contributed by atoms with Gasteiger partial charge < -0.3 is 5.32 Å². The molecule has 0 aliphatic carbocycles. The fourth-order valence-corrected chi connectivity index (χ4v) is 2.00. The second-order valence-corrected chi connectivity index (χ2v) is 4.66. The molecular formula is C14H20ClNO. The van der Waals surface area contributed by atoms with Crippen LogP contribution in [0.15, 0.2) is 30.3 Å². The van der Waals surface area contributed by atoms with Crippen molar-refractivity contribution in [2.45, 2.75) is 32.1 Å². The smallest absolute Gasteiger partial charge is 0.223 e. The average molecular weight is 254 g/mol. The van der Waals surface area contributed by atoms with Gasteiger partial charge in [0.2, 0.25) is 5.91 Å². The van der Waals surface area contributed by atoms with Crippen LogP contribution in [0.25, 0.3) is 0 Å². The number of carbonyl (C=O) groups is 1. The van der Waals surface area contributed by atoms with Crippen LogP contribution in [0.3, 0.4) is 0 Å². The molecule has 94 valence electrons. The van der Waals surface area contributed by atoms with Gasteiger partial charge in [0.05, 0.1) is 5.38 Å². The minimum absolute atomic E-state index is 0.106. The van der Waals surface area contributed by atoms with E-state index in [1.165, 1.54) is 0 Å². The molecule has 0 fully saturated rings. The molecule has 1 atom stereocenters. The Morgan fingerprint density at radius 3 is 2.35 bits per heavy atom. The van der Waals surface area contributed by atoms with Crippen molar-refractivity contribution in [1.82, 2.24) is 5.32 Å². The van der Waals surface area contributed by atoms with E-state index < -0.39 is 0 Å². The van der Waals surface area contributed by atoms with Gasteiger partial charge in [-0.15, -0.1) is 11.6 Å². The Bertz CT molecular complexity index is 335. The van der Waals surface area contributed by atoms with Crippen molar-refractivity contribution in [3.63, 3.8) is 0 Å². The molecule has 1 rings (SSSR count). The summed E-state index contributed by atoms with van der Waals surface area (Å²) in [6.45, 7) is 4.55. The number of hydrogen-bond acceptors (Lipinski definition) is 1. The monoisotopic (exact) mass is 253 g/mol. The van der Waals surface area contributed by atoms with E-state index in [1.54, 1.807) is 0 Å². The summed E-state index contributed by atoms with van der Waals surface area (Å²) < 4.78 is 0. The van der Waals surface area contributed by atoms with E-state index in [0.29, 0.717) is 6.54 Å². The van der Waals surface area contributed by atoms with E-state index in [2.05, 4.69) is 5.32 Å². The van der Waals surface area contributed by atoms with E-state index in [-0.39, 0.29) is 17.2 Å². The lowest BCUT2D eigenvalue weighted by molar-refractivity contribution is -0.125. The van der Waals surface area contributed by atoms with Crippen LogP contribution in [-0.2, 0) is 4.79 Å². The summed E-state index contributed by atoms with van der Waals surface area (Å²) in [6, 6.07) is 9.80. The summed E-state index contributed by atoms with van der Waals surface area (Å²) in [4.78, 5) is 11.8. The van der Waals surface area contributed by atoms with Crippen LogP contribution in [0.4, 0.5) is 0 Å². The van der Waals surface area contributed by atoms with Gasteiger partial charge in [0, 0.05) is 12.5 Å². The number of hydrogen-bond donors (Lipinski definition) is 1. The Morgan fingerprint density at radius 2 is 1.82 bits per heavy atom. The molecular weight excluding hydrogens is 234 g/mol. The zero-order valence-electron chi connectivity index (χ0n) is 10.4. The molecule has 1 N–H and O–H groups in total. The normalized spacial score (nSPS) is 12.5. The van der Waals surface area contributed by atoms with E-state index >= 15 is 0 Å². The molecule has 0 aromatic heterocycles. The largest absolute Gasteiger partial charge is 0.354 e. The lowest BCUT2D eigenvalue weighted by atomic mass is 10.0. The zero-order valence-corrected chi connectivity index (χ0v) is 11.2.